The minimum atomic E-state index is 0.157. The average Bonchev–Trinajstić information content (AvgIpc) is 2.65. The zero-order chi connectivity index (χ0) is 24.1. The van der Waals surface area contributed by atoms with Crippen LogP contribution in [0.2, 0.25) is 12.6 Å². The van der Waals surface area contributed by atoms with Crippen molar-refractivity contribution in [2.24, 2.45) is 47.3 Å². The van der Waals surface area contributed by atoms with Crippen LogP contribution in [0.1, 0.15) is 101 Å². The van der Waals surface area contributed by atoms with E-state index in [9.17, 15) is 0 Å². The van der Waals surface area contributed by atoms with Gasteiger partial charge in [0.2, 0.25) is 0 Å². The molecule has 32 heavy (non-hydrogen) atoms. The Hall–Kier alpha value is 0.435. The van der Waals surface area contributed by atoms with E-state index in [1.165, 1.54) is 51.2 Å². The Balaban J connectivity index is 2.23. The van der Waals surface area contributed by atoms with E-state index in [1.807, 2.05) is 16.7 Å². The van der Waals surface area contributed by atoms with E-state index >= 15 is 0 Å². The Kier molecular flexibility index (Phi) is 11.6. The van der Waals surface area contributed by atoms with Crippen molar-refractivity contribution in [3.63, 3.8) is 0 Å². The SMILES string of the molecule is CC(C)[C@@H]1CC[C@@H](C)C[C@@H]1CB(C[C@H]1C[C@H](C)CC[C@H]1C(C)C)O/C(=C/Br)SC(C)(C)C. The second-order valence-corrected chi connectivity index (χ2v) is 15.3. The van der Waals surface area contributed by atoms with Gasteiger partial charge in [0, 0.05) is 9.73 Å². The molecule has 0 radical (unpaired) electrons. The maximum absolute atomic E-state index is 6.89. The van der Waals surface area contributed by atoms with Gasteiger partial charge in [-0.05, 0) is 85.7 Å². The lowest BCUT2D eigenvalue weighted by atomic mass is 9.49. The monoisotopic (exact) mass is 526 g/mol. The first-order valence-corrected chi connectivity index (χ1v) is 15.3. The minimum absolute atomic E-state index is 0.157. The Morgan fingerprint density at radius 1 is 0.906 bits per heavy atom. The summed E-state index contributed by atoms with van der Waals surface area (Å²) < 4.78 is 7.04. The third kappa shape index (κ3) is 9.24. The van der Waals surface area contributed by atoms with Crippen molar-refractivity contribution in [2.75, 3.05) is 0 Å². The zero-order valence-corrected chi connectivity index (χ0v) is 25.0. The maximum atomic E-state index is 6.89. The first-order chi connectivity index (χ1) is 14.9. The van der Waals surface area contributed by atoms with Crippen LogP contribution in [0.3, 0.4) is 0 Å². The molecule has 0 amide bonds. The molecule has 186 valence electrons. The summed E-state index contributed by atoms with van der Waals surface area (Å²) in [6, 6.07) is 0. The highest BCUT2D eigenvalue weighted by atomic mass is 79.9. The van der Waals surface area contributed by atoms with E-state index in [2.05, 4.69) is 78.2 Å². The van der Waals surface area contributed by atoms with Crippen LogP contribution in [-0.2, 0) is 4.65 Å². The quantitative estimate of drug-likeness (QED) is 0.218. The van der Waals surface area contributed by atoms with Crippen LogP contribution < -0.4 is 0 Å². The Morgan fingerprint density at radius 2 is 1.34 bits per heavy atom. The van der Waals surface area contributed by atoms with Crippen molar-refractivity contribution < 1.29 is 4.65 Å². The molecule has 2 rings (SSSR count). The molecule has 0 aromatic heterocycles. The van der Waals surface area contributed by atoms with Gasteiger partial charge in [-0.1, -0.05) is 103 Å². The molecule has 0 bridgehead atoms. The lowest BCUT2D eigenvalue weighted by Gasteiger charge is -2.41. The van der Waals surface area contributed by atoms with Crippen LogP contribution in [0.25, 0.3) is 0 Å². The largest absolute Gasteiger partial charge is 0.556 e. The van der Waals surface area contributed by atoms with Gasteiger partial charge >= 0.3 is 6.92 Å². The third-order valence-electron chi connectivity index (χ3n) is 8.23. The van der Waals surface area contributed by atoms with E-state index < -0.39 is 0 Å². The molecule has 0 saturated heterocycles. The predicted molar refractivity (Wildman–Crippen MR) is 150 cm³/mol. The molecule has 0 aromatic rings. The molecule has 4 heteroatoms. The van der Waals surface area contributed by atoms with Gasteiger partial charge < -0.3 is 4.65 Å². The lowest BCUT2D eigenvalue weighted by Crippen LogP contribution is -2.36. The zero-order valence-electron chi connectivity index (χ0n) is 22.6. The molecule has 0 aromatic carbocycles. The maximum Gasteiger partial charge on any atom is 0.359 e. The molecule has 2 aliphatic rings. The first kappa shape index (κ1) is 28.7. The molecule has 6 atom stereocenters. The number of hydrogen-bond acceptors (Lipinski definition) is 2. The summed E-state index contributed by atoms with van der Waals surface area (Å²) in [5.74, 6) is 6.61. The molecule has 0 unspecified atom stereocenters. The Labute approximate surface area is 214 Å². The summed E-state index contributed by atoms with van der Waals surface area (Å²) in [6.45, 7) is 21.9. The van der Waals surface area contributed by atoms with Gasteiger partial charge in [-0.3, -0.25) is 0 Å². The van der Waals surface area contributed by atoms with Crippen LogP contribution in [0, 0.1) is 47.3 Å². The lowest BCUT2D eigenvalue weighted by molar-refractivity contribution is 0.146. The normalized spacial score (nSPS) is 32.4. The molecule has 2 aliphatic carbocycles. The standard InChI is InChI=1S/C28H52BBrOS/c1-19(2)25-12-10-21(5)14-23(25)16-29(31-27(18-30)32-28(7,8)9)17-24-15-22(6)11-13-26(24)20(3)4/h18-26H,10-17H2,1-9H3/b27-18-/t21-,22-,23-,24-,25+,26+/m1/s1. The topological polar surface area (TPSA) is 9.23 Å². The summed E-state index contributed by atoms with van der Waals surface area (Å²) in [5, 5.41) is 1.07. The van der Waals surface area contributed by atoms with Crippen LogP contribution in [0.15, 0.2) is 10.1 Å². The fraction of sp³-hybridized carbons (Fsp3) is 0.929. The smallest absolute Gasteiger partial charge is 0.359 e. The predicted octanol–water partition coefficient (Wildman–Crippen LogP) is 10.1. The second-order valence-electron chi connectivity index (χ2n) is 13.0. The van der Waals surface area contributed by atoms with Gasteiger partial charge in [0.15, 0.2) is 0 Å². The van der Waals surface area contributed by atoms with Crippen molar-refractivity contribution >= 4 is 34.6 Å². The van der Waals surface area contributed by atoms with Gasteiger partial charge in [-0.25, -0.2) is 0 Å². The highest BCUT2D eigenvalue weighted by Crippen LogP contribution is 2.45. The molecule has 1 nitrogen and oxygen atoms in total. The molecule has 0 N–H and O–H groups in total. The van der Waals surface area contributed by atoms with Crippen molar-refractivity contribution in [1.82, 2.24) is 0 Å². The number of hydrogen-bond donors (Lipinski definition) is 0. The van der Waals surface area contributed by atoms with Gasteiger partial charge in [0.05, 0.1) is 0 Å². The van der Waals surface area contributed by atoms with E-state index in [1.54, 1.807) is 0 Å². The summed E-state index contributed by atoms with van der Waals surface area (Å²) in [7, 11) is 0. The van der Waals surface area contributed by atoms with E-state index in [0.29, 0.717) is 6.92 Å². The van der Waals surface area contributed by atoms with E-state index in [-0.39, 0.29) is 4.75 Å². The summed E-state index contributed by atoms with van der Waals surface area (Å²) in [5.41, 5.74) is 0. The number of halogens is 1. The number of thioether (sulfide) groups is 1. The second kappa shape index (κ2) is 12.9. The van der Waals surface area contributed by atoms with Gasteiger partial charge in [-0.15, -0.1) is 0 Å². The molecule has 2 saturated carbocycles. The summed E-state index contributed by atoms with van der Waals surface area (Å²) in [4.78, 5) is 2.03. The van der Waals surface area contributed by atoms with Crippen molar-refractivity contribution in [1.29, 1.82) is 0 Å². The third-order valence-corrected chi connectivity index (χ3v) is 9.98. The van der Waals surface area contributed by atoms with Crippen molar-refractivity contribution in [2.45, 2.75) is 118 Å². The van der Waals surface area contributed by atoms with Crippen LogP contribution >= 0.6 is 27.7 Å². The van der Waals surface area contributed by atoms with Crippen LogP contribution in [0.5, 0.6) is 0 Å². The Morgan fingerprint density at radius 3 is 1.69 bits per heavy atom. The fourth-order valence-corrected chi connectivity index (χ4v) is 7.97. The molecular weight excluding hydrogens is 475 g/mol. The van der Waals surface area contributed by atoms with E-state index in [0.717, 1.165) is 52.4 Å². The fourth-order valence-electron chi connectivity index (χ4n) is 6.75. The van der Waals surface area contributed by atoms with Crippen molar-refractivity contribution in [3.8, 4) is 0 Å². The van der Waals surface area contributed by atoms with Crippen molar-refractivity contribution in [3.05, 3.63) is 10.1 Å². The van der Waals surface area contributed by atoms with Gasteiger partial charge in [0.1, 0.15) is 5.09 Å². The van der Waals surface area contributed by atoms with Gasteiger partial charge in [0.25, 0.3) is 0 Å². The summed E-state index contributed by atoms with van der Waals surface area (Å²) >= 11 is 5.49. The highest BCUT2D eigenvalue weighted by molar-refractivity contribution is 9.11. The molecule has 0 heterocycles. The average molecular weight is 528 g/mol. The van der Waals surface area contributed by atoms with Gasteiger partial charge in [-0.2, -0.15) is 0 Å². The first-order valence-electron chi connectivity index (χ1n) is 13.6. The van der Waals surface area contributed by atoms with Crippen LogP contribution in [0.4, 0.5) is 0 Å². The van der Waals surface area contributed by atoms with E-state index in [4.69, 9.17) is 4.65 Å². The molecular formula is C28H52BBrOS. The number of rotatable bonds is 9. The molecule has 0 aliphatic heterocycles. The summed E-state index contributed by atoms with van der Waals surface area (Å²) in [6.07, 6.45) is 10.9. The van der Waals surface area contributed by atoms with Crippen LogP contribution in [-0.4, -0.2) is 11.7 Å². The minimum Gasteiger partial charge on any atom is -0.556 e. The molecule has 2 fully saturated rings. The molecule has 0 spiro atoms. The Bertz CT molecular complexity index is 550. The highest BCUT2D eigenvalue weighted by Gasteiger charge is 2.39.